The summed E-state index contributed by atoms with van der Waals surface area (Å²) in [5, 5.41) is 0.340. The Morgan fingerprint density at radius 3 is 2.45 bits per heavy atom. The maximum Gasteiger partial charge on any atom is 0.118 e. The molecule has 0 amide bonds. The molecule has 66 valence electrons. The van der Waals surface area contributed by atoms with Crippen LogP contribution < -0.4 is 5.73 Å². The molecule has 0 unspecified atom stereocenters. The zero-order chi connectivity index (χ0) is 9.07. The van der Waals surface area contributed by atoms with Gasteiger partial charge >= 0.3 is 0 Å². The summed E-state index contributed by atoms with van der Waals surface area (Å²) in [6.07, 6.45) is 0. The molecule has 6 heteroatoms. The predicted octanol–water partition coefficient (Wildman–Crippen LogP) is -2.92. The molecule has 0 aliphatic rings. The fourth-order valence-electron chi connectivity index (χ4n) is 0.796. The molecule has 0 saturated carbocycles. The number of carbonyl (C=O) groups is 1. The van der Waals surface area contributed by atoms with Crippen LogP contribution in [0.1, 0.15) is 13.8 Å². The van der Waals surface area contributed by atoms with E-state index in [9.17, 15) is 4.79 Å². The topological polar surface area (TPSA) is 43.1 Å². The van der Waals surface area contributed by atoms with Crippen LogP contribution in [0, 0.1) is 0 Å². The van der Waals surface area contributed by atoms with E-state index in [1.807, 2.05) is 13.8 Å². The zero-order valence-electron chi connectivity index (χ0n) is 7.42. The van der Waals surface area contributed by atoms with Crippen molar-refractivity contribution in [2.45, 2.75) is 24.6 Å². The Labute approximate surface area is 80.8 Å². The van der Waals surface area contributed by atoms with Gasteiger partial charge in [-0.25, -0.2) is 0 Å². The van der Waals surface area contributed by atoms with Gasteiger partial charge in [-0.2, -0.15) is 12.6 Å². The summed E-state index contributed by atoms with van der Waals surface area (Å²) in [5.41, 5.74) is 5.73. The van der Waals surface area contributed by atoms with Crippen molar-refractivity contribution in [1.29, 1.82) is 0 Å². The second-order valence-corrected chi connectivity index (χ2v) is 20.2. The van der Waals surface area contributed by atoms with E-state index in [2.05, 4.69) is 12.6 Å². The minimum absolute atomic E-state index is 0.0801. The first-order valence-electron chi connectivity index (χ1n) is 3.90. The lowest BCUT2D eigenvalue weighted by molar-refractivity contribution is -0.113. The first-order valence-corrected chi connectivity index (χ1v) is 14.7. The highest BCUT2D eigenvalue weighted by molar-refractivity contribution is 7.81. The molecular weight excluding hydrogens is 206 g/mol. The van der Waals surface area contributed by atoms with Crippen LogP contribution in [0.15, 0.2) is 0 Å². The number of thiol groups is 1. The maximum atomic E-state index is 11.3. The Bertz CT molecular complexity index is 147. The molecule has 0 fully saturated rings. The second kappa shape index (κ2) is 4.61. The van der Waals surface area contributed by atoms with E-state index in [0.29, 0.717) is 5.41 Å². The third-order valence-electron chi connectivity index (χ3n) is 1.60. The van der Waals surface area contributed by atoms with E-state index in [4.69, 9.17) is 5.73 Å². The summed E-state index contributed by atoms with van der Waals surface area (Å²) in [6.45, 7) is 3.81. The smallest absolute Gasteiger partial charge is 0.118 e. The molecule has 1 atom stereocenters. The first-order chi connectivity index (χ1) is 4.89. The van der Waals surface area contributed by atoms with Crippen molar-refractivity contribution in [1.82, 2.24) is 0 Å². The molecule has 11 heavy (non-hydrogen) atoms. The molecule has 0 heterocycles. The lowest BCUT2D eigenvalue weighted by atomic mass is 10.1. The van der Waals surface area contributed by atoms with Crippen LogP contribution in [-0.4, -0.2) is 43.5 Å². The molecule has 0 aromatic rings. The van der Waals surface area contributed by atoms with Gasteiger partial charge in [-0.3, -0.25) is 0 Å². The van der Waals surface area contributed by atoms with E-state index in [0.717, 1.165) is 0 Å². The minimum Gasteiger partial charge on any atom is -0.321 e. The number of hydrogen-bond donors (Lipinski definition) is 2. The summed E-state index contributed by atoms with van der Waals surface area (Å²) in [6, 6.07) is -0.320. The minimum atomic E-state index is -0.393. The first kappa shape index (κ1) is 11.6. The van der Waals surface area contributed by atoms with Crippen LogP contribution in [0.3, 0.4) is 0 Å². The van der Waals surface area contributed by atoms with Gasteiger partial charge in [0.2, 0.25) is 0 Å². The molecule has 0 rings (SSSR count). The fraction of sp³-hybridized carbons (Fsp3) is 0.800. The van der Waals surface area contributed by atoms with Crippen LogP contribution in [0.2, 0.25) is 0 Å². The van der Waals surface area contributed by atoms with Crippen molar-refractivity contribution >= 4 is 45.4 Å². The maximum absolute atomic E-state index is 11.3. The highest BCUT2D eigenvalue weighted by Crippen LogP contribution is 2.15. The molecule has 0 saturated heterocycles. The van der Waals surface area contributed by atoms with Crippen molar-refractivity contribution in [3.8, 4) is 0 Å². The van der Waals surface area contributed by atoms with Gasteiger partial charge in [0, 0.05) is 13.3 Å². The lowest BCUT2D eigenvalue weighted by Gasteiger charge is -2.24. The molecular formula is C5H17NOSSi3. The van der Waals surface area contributed by atoms with Gasteiger partial charge in [0.1, 0.15) is 5.41 Å². The van der Waals surface area contributed by atoms with Gasteiger partial charge in [0.15, 0.2) is 0 Å². The largest absolute Gasteiger partial charge is 0.321 e. The second-order valence-electron chi connectivity index (χ2n) is 3.35. The van der Waals surface area contributed by atoms with Crippen LogP contribution >= 0.6 is 12.6 Å². The number of rotatable bonds is 4. The van der Waals surface area contributed by atoms with Gasteiger partial charge in [0.25, 0.3) is 0 Å². The van der Waals surface area contributed by atoms with Gasteiger partial charge < -0.3 is 10.5 Å². The Hall–Kier alpha value is 0.631. The average molecular weight is 224 g/mol. The Morgan fingerprint density at radius 1 is 1.73 bits per heavy atom. The van der Waals surface area contributed by atoms with E-state index in [1.165, 1.54) is 9.76 Å². The summed E-state index contributed by atoms with van der Waals surface area (Å²) < 4.78 is -0.324. The van der Waals surface area contributed by atoms with Crippen molar-refractivity contribution in [3.05, 3.63) is 0 Å². The van der Waals surface area contributed by atoms with E-state index in [1.54, 1.807) is 0 Å². The summed E-state index contributed by atoms with van der Waals surface area (Å²) in [5.74, 6) is 0. The molecule has 0 spiro atoms. The lowest BCUT2D eigenvalue weighted by Crippen LogP contribution is -2.48. The third-order valence-corrected chi connectivity index (χ3v) is 10.8. The standard InChI is InChI=1S/C5H17NOSSi3/c1-5(2,8)3(6)4(7)10-11-9/h3,8H,6,10-11H2,1-2,9H3/t3-/m1/s1. The third kappa shape index (κ3) is 4.26. The van der Waals surface area contributed by atoms with E-state index < -0.39 is 9.04 Å². The average Bonchev–Trinajstić information content (AvgIpc) is 1.85. The normalized spacial score (nSPS) is 17.1. The molecule has 0 bridgehead atoms. The molecule has 0 aliphatic heterocycles. The summed E-state index contributed by atoms with van der Waals surface area (Å²) in [7, 11) is 0.956. The number of hydrogen-bond acceptors (Lipinski definition) is 3. The van der Waals surface area contributed by atoms with Gasteiger partial charge in [-0.1, -0.05) is 0 Å². The van der Waals surface area contributed by atoms with Crippen molar-refractivity contribution < 1.29 is 4.79 Å². The Balaban J connectivity index is 4.03. The Kier molecular flexibility index (Phi) is 4.87. The van der Waals surface area contributed by atoms with Crippen LogP contribution in [0.25, 0.3) is 0 Å². The van der Waals surface area contributed by atoms with E-state index in [-0.39, 0.29) is 19.3 Å². The van der Waals surface area contributed by atoms with Gasteiger partial charge in [0.05, 0.1) is 15.1 Å². The van der Waals surface area contributed by atoms with Crippen molar-refractivity contribution in [2.75, 3.05) is 0 Å². The highest BCUT2D eigenvalue weighted by atomic mass is 32.1. The summed E-state index contributed by atoms with van der Waals surface area (Å²) >= 11 is 4.28. The molecule has 2 nitrogen and oxygen atoms in total. The predicted molar refractivity (Wildman–Crippen MR) is 63.1 cm³/mol. The molecule has 0 aromatic carbocycles. The van der Waals surface area contributed by atoms with E-state index >= 15 is 0 Å². The van der Waals surface area contributed by atoms with Crippen LogP contribution in [0.4, 0.5) is 0 Å². The zero-order valence-corrected chi connectivity index (χ0v) is 13.1. The molecule has 0 radical (unpaired) electrons. The quantitative estimate of drug-likeness (QED) is 0.396. The number of carbonyl (C=O) groups excluding carboxylic acids is 1. The van der Waals surface area contributed by atoms with Crippen LogP contribution in [-0.2, 0) is 4.79 Å². The molecule has 2 N–H and O–H groups in total. The SMILES string of the molecule is CC(C)(S)[C@H](N)C(=O)[SiH2][SiH2][SiH3]. The van der Waals surface area contributed by atoms with Crippen molar-refractivity contribution in [3.63, 3.8) is 0 Å². The molecule has 0 aliphatic carbocycles. The monoisotopic (exact) mass is 223 g/mol. The van der Waals surface area contributed by atoms with Gasteiger partial charge in [-0.15, -0.1) is 0 Å². The van der Waals surface area contributed by atoms with Crippen LogP contribution in [0.5, 0.6) is 0 Å². The fourth-order valence-corrected chi connectivity index (χ4v) is 9.27. The van der Waals surface area contributed by atoms with Crippen molar-refractivity contribution in [2.24, 2.45) is 5.73 Å². The highest BCUT2D eigenvalue weighted by Gasteiger charge is 2.26. The Morgan fingerprint density at radius 2 is 2.18 bits per heavy atom. The molecule has 0 aromatic heterocycles. The number of nitrogens with two attached hydrogens (primary N) is 1. The van der Waals surface area contributed by atoms with Gasteiger partial charge in [-0.05, 0) is 23.6 Å². The summed E-state index contributed by atoms with van der Waals surface area (Å²) in [4.78, 5) is 11.3.